The van der Waals surface area contributed by atoms with E-state index < -0.39 is 0 Å². The number of rotatable bonds is 15. The molecular weight excluding hydrogens is 1790 g/mol. The topological polar surface area (TPSA) is 55.4 Å². The third-order valence-corrected chi connectivity index (χ3v) is 31.3. The molecule has 0 bridgehead atoms. The Morgan fingerprint density at radius 2 is 0.372 bits per heavy atom. The van der Waals surface area contributed by atoms with Gasteiger partial charge in [-0.3, -0.25) is 0 Å². The predicted molar refractivity (Wildman–Crippen MR) is 619 cm³/mol. The number of benzene rings is 23. The van der Waals surface area contributed by atoms with Gasteiger partial charge in [0.1, 0.15) is 0 Å². The van der Waals surface area contributed by atoms with Crippen LogP contribution in [0, 0.1) is 0 Å². The van der Waals surface area contributed by atoms with Crippen molar-refractivity contribution in [3.8, 4) is 157 Å². The smallest absolute Gasteiger partial charge is 0.160 e. The maximum absolute atomic E-state index is 5.98. The molecule has 7 heterocycles. The zero-order valence-corrected chi connectivity index (χ0v) is 80.2. The molecule has 8 heteroatoms. The summed E-state index contributed by atoms with van der Waals surface area (Å²) in [6, 6.07) is 193. The van der Waals surface area contributed by atoms with E-state index in [0.717, 1.165) is 206 Å². The molecule has 0 atom stereocenters. The Kier molecular flexibility index (Phi) is 18.4. The van der Waals surface area contributed by atoms with Crippen LogP contribution in [0.15, 0.2) is 522 Å². The van der Waals surface area contributed by atoms with E-state index in [2.05, 4.69) is 549 Å². The van der Waals surface area contributed by atoms with Crippen molar-refractivity contribution in [3.63, 3.8) is 0 Å². The van der Waals surface area contributed by atoms with E-state index in [4.69, 9.17) is 9.97 Å². The zero-order chi connectivity index (χ0) is 96.9. The minimum atomic E-state index is 0.633. The van der Waals surface area contributed by atoms with Crippen molar-refractivity contribution in [3.05, 3.63) is 522 Å². The fourth-order valence-electron chi connectivity index (χ4n) is 24.6. The van der Waals surface area contributed by atoms with Gasteiger partial charge in [-0.25, -0.2) is 9.97 Å². The summed E-state index contributed by atoms with van der Waals surface area (Å²) in [6.07, 6.45) is 0. The zero-order valence-electron chi connectivity index (χ0n) is 80.2. The van der Waals surface area contributed by atoms with Gasteiger partial charge < -0.3 is 27.4 Å². The van der Waals surface area contributed by atoms with E-state index in [1.54, 1.807) is 0 Å². The lowest BCUT2D eigenvalue weighted by molar-refractivity contribution is 1.17. The average Bonchev–Trinajstić information content (AvgIpc) is 1.54. The number of aromatic nitrogens is 8. The van der Waals surface area contributed by atoms with Crippen LogP contribution in [0.5, 0.6) is 0 Å². The monoisotopic (exact) mass is 1880 g/mol. The highest BCUT2D eigenvalue weighted by atomic mass is 15.0. The van der Waals surface area contributed by atoms with Crippen molar-refractivity contribution in [2.45, 2.75) is 0 Å². The summed E-state index contributed by atoms with van der Waals surface area (Å²) < 4.78 is 14.6. The third kappa shape index (κ3) is 12.9. The van der Waals surface area contributed by atoms with Gasteiger partial charge in [-0.2, -0.15) is 0 Å². The summed E-state index contributed by atoms with van der Waals surface area (Å²) in [4.78, 5) is 11.9. The normalized spacial score (nSPS) is 12.1. The van der Waals surface area contributed by atoms with E-state index in [-0.39, 0.29) is 0 Å². The van der Waals surface area contributed by atoms with E-state index in [9.17, 15) is 0 Å². The first kappa shape index (κ1) is 82.9. The van der Waals surface area contributed by atoms with Crippen LogP contribution in [0.4, 0.5) is 0 Å². The lowest BCUT2D eigenvalue weighted by atomic mass is 9.92. The highest BCUT2D eigenvalue weighted by Gasteiger charge is 2.32. The average molecular weight is 1880 g/mol. The van der Waals surface area contributed by atoms with Crippen molar-refractivity contribution in [1.82, 2.24) is 37.4 Å². The molecule has 0 unspecified atom stereocenters. The van der Waals surface area contributed by atoms with Gasteiger partial charge in [-0.1, -0.05) is 297 Å². The van der Waals surface area contributed by atoms with Gasteiger partial charge in [0.25, 0.3) is 0 Å². The fourth-order valence-corrected chi connectivity index (χ4v) is 24.6. The molecule has 0 spiro atoms. The fraction of sp³-hybridized carbons (Fsp3) is 0. The van der Waals surface area contributed by atoms with Gasteiger partial charge in [-0.15, -0.1) is 0 Å². The Morgan fingerprint density at radius 3 is 0.723 bits per heavy atom. The quantitative estimate of drug-likeness (QED) is 0.103. The van der Waals surface area contributed by atoms with Gasteiger partial charge in [0.15, 0.2) is 5.82 Å². The van der Waals surface area contributed by atoms with Crippen LogP contribution in [0.2, 0.25) is 0 Å². The summed E-state index contributed by atoms with van der Waals surface area (Å²) in [7, 11) is 0. The Labute approximate surface area is 851 Å². The minimum Gasteiger partial charge on any atom is -0.309 e. The van der Waals surface area contributed by atoms with Gasteiger partial charge >= 0.3 is 0 Å². The van der Waals surface area contributed by atoms with Crippen molar-refractivity contribution in [2.24, 2.45) is 0 Å². The van der Waals surface area contributed by atoms with Crippen LogP contribution in [-0.4, -0.2) is 37.4 Å². The van der Waals surface area contributed by atoms with Crippen molar-refractivity contribution >= 4 is 142 Å². The molecule has 0 fully saturated rings. The summed E-state index contributed by atoms with van der Waals surface area (Å²) >= 11 is 0. The number of hydrogen-bond donors (Lipinski definition) is 0. The highest BCUT2D eigenvalue weighted by Crippen LogP contribution is 2.55. The summed E-state index contributed by atoms with van der Waals surface area (Å²) in [6.45, 7) is 0. The van der Waals surface area contributed by atoms with Crippen LogP contribution < -0.4 is 0 Å². The standard InChI is InChI=1S/C140H86N8/c1-7-29-87(30-8-1)100-76-101(88-31-9-2-10-32-88)78-102(77-100)90-33-27-34-99(75-90)138-137-113-65-74-127(148-134-72-61-97(93-57-68-130-117(81-93)110-45-21-25-51-125(110)145(130)105-39-15-5-16-40-105)85-121(134)122-86-98(62-73-135(122)148)94-58-69-131-118(82-94)111-46-22-26-52-126(111)146(131)106-41-17-6-18-42-106)112-47-28-48-114(136(112)113)139(137)142-140(141-138)89-53-63-107(64-54-89)147-132-70-59-95(91-55-66-128-115(79-91)108-43-19-23-49-123(108)143(128)103-35-11-3-12-36-103)83-119(132)120-84-96(60-71-133(120)147)92-56-67-129-116(80-92)109-44-20-24-50-124(109)144(129)104-37-13-4-14-38-104/h1-86H. The van der Waals surface area contributed by atoms with Crippen molar-refractivity contribution in [2.75, 3.05) is 0 Å². The molecule has 0 N–H and O–H groups in total. The van der Waals surface area contributed by atoms with Gasteiger partial charge in [0, 0.05) is 126 Å². The Balaban J connectivity index is 0.581. The van der Waals surface area contributed by atoms with Crippen LogP contribution in [0.25, 0.3) is 299 Å². The first-order valence-electron chi connectivity index (χ1n) is 50.9. The van der Waals surface area contributed by atoms with Crippen LogP contribution in [0.3, 0.4) is 0 Å². The highest BCUT2D eigenvalue weighted by molar-refractivity contribution is 6.23. The van der Waals surface area contributed by atoms with Crippen LogP contribution in [0.1, 0.15) is 0 Å². The Bertz CT molecular complexity index is 10300. The van der Waals surface area contributed by atoms with Crippen molar-refractivity contribution in [1.29, 1.82) is 0 Å². The van der Waals surface area contributed by atoms with E-state index in [1.165, 1.54) is 87.2 Å². The van der Waals surface area contributed by atoms with E-state index in [1.807, 2.05) is 0 Å². The lowest BCUT2D eigenvalue weighted by Gasteiger charge is -2.15. The third-order valence-electron chi connectivity index (χ3n) is 31.3. The largest absolute Gasteiger partial charge is 0.309 e. The summed E-state index contributed by atoms with van der Waals surface area (Å²) in [5.41, 5.74) is 43.2. The van der Waals surface area contributed by atoms with Gasteiger partial charge in [0.2, 0.25) is 0 Å². The second-order valence-electron chi connectivity index (χ2n) is 39.4. The second kappa shape index (κ2) is 32.9. The minimum absolute atomic E-state index is 0.633. The maximum atomic E-state index is 5.98. The molecule has 148 heavy (non-hydrogen) atoms. The molecule has 8 nitrogen and oxygen atoms in total. The Hall–Kier alpha value is -19.8. The lowest BCUT2D eigenvalue weighted by Crippen LogP contribution is -1.99. The maximum Gasteiger partial charge on any atom is 0.160 e. The molecule has 0 amide bonds. The van der Waals surface area contributed by atoms with Gasteiger partial charge in [-0.05, 0) is 308 Å². The predicted octanol–water partition coefficient (Wildman–Crippen LogP) is 36.9. The molecule has 30 aromatic rings. The van der Waals surface area contributed by atoms with E-state index in [0.29, 0.717) is 5.82 Å². The summed E-state index contributed by atoms with van der Waals surface area (Å²) in [5, 5.41) is 16.6. The number of nitrogens with zero attached hydrogens (tertiary/aromatic N) is 8. The SMILES string of the molecule is c1ccc(-c2cc(-c3ccccc3)cc(-c3cccc(-c4nc(-c5ccc(-n6c7ccc(-c8ccc9c(c8)c8ccccc8n9-c8ccccc8)cc7c7cc(-c8ccc9c(c8)c8ccccc8n9-c8ccccc8)ccc76)cc5)nc5c4-c4ccc(-n6c7ccc(-c8ccc9c(c8)c8ccccc8n9-c8ccccc8)cc7c7cc(-c8ccc9c(c8)c8ccccc8n9-c8ccccc8)ccc76)c6cccc-5c46)c3)c2)cc1. The van der Waals surface area contributed by atoms with Crippen molar-refractivity contribution < 1.29 is 0 Å². The first-order chi connectivity index (χ1) is 73.4. The van der Waals surface area contributed by atoms with Gasteiger partial charge in [0.05, 0.1) is 83.3 Å². The molecule has 31 rings (SSSR count). The van der Waals surface area contributed by atoms with Crippen LogP contribution >= 0.6 is 0 Å². The van der Waals surface area contributed by atoms with Crippen LogP contribution in [-0.2, 0) is 0 Å². The molecule has 1 aliphatic carbocycles. The first-order valence-corrected chi connectivity index (χ1v) is 50.9. The molecule has 0 aliphatic heterocycles. The number of fused-ring (bicyclic) bond motifs is 21. The molecule has 7 aromatic heterocycles. The summed E-state index contributed by atoms with van der Waals surface area (Å²) in [5.74, 6) is 0.633. The molecule has 23 aromatic carbocycles. The van der Waals surface area contributed by atoms with E-state index >= 15 is 0 Å². The molecular formula is C140H86N8. The molecule has 0 saturated heterocycles. The molecule has 1 aliphatic rings. The molecule has 0 radical (unpaired) electrons. The molecule has 686 valence electrons. The number of hydrogen-bond acceptors (Lipinski definition) is 2. The Morgan fingerprint density at radius 1 is 0.128 bits per heavy atom. The molecule has 0 saturated carbocycles. The number of para-hydroxylation sites is 8. The second-order valence-corrected chi connectivity index (χ2v) is 39.4.